The van der Waals surface area contributed by atoms with Crippen LogP contribution in [0.2, 0.25) is 0 Å². The summed E-state index contributed by atoms with van der Waals surface area (Å²) in [5.41, 5.74) is 2.48. The zero-order valence-electron chi connectivity index (χ0n) is 14.8. The number of ether oxygens (including phenoxy) is 1. The summed E-state index contributed by atoms with van der Waals surface area (Å²) in [5, 5.41) is 3.56. The summed E-state index contributed by atoms with van der Waals surface area (Å²) in [6.45, 7) is 10.1. The van der Waals surface area contributed by atoms with E-state index in [-0.39, 0.29) is 18.6 Å². The van der Waals surface area contributed by atoms with Crippen LogP contribution < -0.4 is 5.32 Å². The zero-order chi connectivity index (χ0) is 16.8. The zero-order valence-corrected chi connectivity index (χ0v) is 14.8. The lowest BCUT2D eigenvalue weighted by molar-refractivity contribution is -0.138. The molecule has 0 spiro atoms. The molecule has 4 nitrogen and oxygen atoms in total. The Kier molecular flexibility index (Phi) is 6.46. The van der Waals surface area contributed by atoms with Gasteiger partial charge in [0.2, 0.25) is 5.91 Å². The second-order valence-electron chi connectivity index (χ2n) is 6.96. The minimum atomic E-state index is 0.0946. The quantitative estimate of drug-likeness (QED) is 0.870. The molecule has 2 rings (SSSR count). The van der Waals surface area contributed by atoms with Crippen LogP contribution in [-0.2, 0) is 9.53 Å². The Morgan fingerprint density at radius 2 is 1.96 bits per heavy atom. The molecular formula is C19H30N2O2. The fourth-order valence-corrected chi connectivity index (χ4v) is 2.85. The number of anilines is 1. The number of carbonyl (C=O) groups is 1. The van der Waals surface area contributed by atoms with E-state index in [1.54, 1.807) is 0 Å². The van der Waals surface area contributed by atoms with Crippen LogP contribution in [0.3, 0.4) is 0 Å². The van der Waals surface area contributed by atoms with Gasteiger partial charge in [0, 0.05) is 24.8 Å². The van der Waals surface area contributed by atoms with E-state index >= 15 is 0 Å². The maximum Gasteiger partial charge on any atom is 0.248 e. The molecule has 0 radical (unpaired) electrons. The van der Waals surface area contributed by atoms with Crippen molar-refractivity contribution in [3.8, 4) is 0 Å². The summed E-state index contributed by atoms with van der Waals surface area (Å²) < 4.78 is 5.43. The molecule has 1 N–H and O–H groups in total. The van der Waals surface area contributed by atoms with E-state index in [1.165, 1.54) is 5.56 Å². The Labute approximate surface area is 140 Å². The Morgan fingerprint density at radius 1 is 1.26 bits per heavy atom. The lowest BCUT2D eigenvalue weighted by Crippen LogP contribution is -2.46. The van der Waals surface area contributed by atoms with E-state index in [0.29, 0.717) is 12.0 Å². The molecule has 0 aliphatic carbocycles. The van der Waals surface area contributed by atoms with Gasteiger partial charge >= 0.3 is 0 Å². The highest BCUT2D eigenvalue weighted by Crippen LogP contribution is 2.20. The normalized spacial score (nSPS) is 18.5. The predicted octanol–water partition coefficient (Wildman–Crippen LogP) is 3.64. The largest absolute Gasteiger partial charge is 0.381 e. The van der Waals surface area contributed by atoms with Crippen molar-refractivity contribution < 1.29 is 9.53 Å². The van der Waals surface area contributed by atoms with Crippen LogP contribution in [0, 0.1) is 0 Å². The van der Waals surface area contributed by atoms with Gasteiger partial charge in [-0.1, -0.05) is 26.0 Å². The maximum atomic E-state index is 12.2. The van der Waals surface area contributed by atoms with E-state index in [2.05, 4.69) is 43.4 Å². The van der Waals surface area contributed by atoms with Gasteiger partial charge in [-0.15, -0.1) is 0 Å². The summed E-state index contributed by atoms with van der Waals surface area (Å²) in [6.07, 6.45) is 2.23. The molecule has 23 heavy (non-hydrogen) atoms. The molecule has 4 heteroatoms. The van der Waals surface area contributed by atoms with Crippen LogP contribution in [0.15, 0.2) is 24.3 Å². The molecule has 1 heterocycles. The second-order valence-corrected chi connectivity index (χ2v) is 6.96. The van der Waals surface area contributed by atoms with Crippen molar-refractivity contribution in [1.82, 2.24) is 4.90 Å². The first-order chi connectivity index (χ1) is 11.0. The monoisotopic (exact) mass is 318 g/mol. The molecule has 1 aromatic carbocycles. The fraction of sp³-hybridized carbons (Fsp3) is 0.632. The van der Waals surface area contributed by atoms with Gasteiger partial charge in [-0.3, -0.25) is 4.79 Å². The number of hydrogen-bond donors (Lipinski definition) is 1. The van der Waals surface area contributed by atoms with Gasteiger partial charge in [-0.25, -0.2) is 0 Å². The third kappa shape index (κ3) is 5.54. The first kappa shape index (κ1) is 17.8. The molecule has 1 aliphatic heterocycles. The molecule has 1 amide bonds. The number of carbonyl (C=O) groups excluding carboxylic acids is 1. The maximum absolute atomic E-state index is 12.2. The fourth-order valence-electron chi connectivity index (χ4n) is 2.85. The average molecular weight is 318 g/mol. The van der Waals surface area contributed by atoms with Crippen molar-refractivity contribution in [2.45, 2.75) is 58.6 Å². The van der Waals surface area contributed by atoms with Crippen LogP contribution >= 0.6 is 0 Å². The highest BCUT2D eigenvalue weighted by molar-refractivity contribution is 5.77. The first-order valence-corrected chi connectivity index (χ1v) is 8.71. The van der Waals surface area contributed by atoms with Crippen LogP contribution in [-0.4, -0.2) is 42.6 Å². The van der Waals surface area contributed by atoms with E-state index < -0.39 is 0 Å². The van der Waals surface area contributed by atoms with Crippen molar-refractivity contribution in [3.63, 3.8) is 0 Å². The third-order valence-electron chi connectivity index (χ3n) is 4.26. The molecule has 1 aromatic rings. The molecule has 1 aliphatic rings. The molecule has 1 fully saturated rings. The van der Waals surface area contributed by atoms with Crippen LogP contribution in [0.5, 0.6) is 0 Å². The van der Waals surface area contributed by atoms with Crippen LogP contribution in [0.25, 0.3) is 0 Å². The highest BCUT2D eigenvalue weighted by atomic mass is 16.5. The highest BCUT2D eigenvalue weighted by Gasteiger charge is 2.23. The summed E-state index contributed by atoms with van der Waals surface area (Å²) in [6, 6.07) is 8.94. The van der Waals surface area contributed by atoms with Gasteiger partial charge in [0.15, 0.2) is 0 Å². The van der Waals surface area contributed by atoms with Gasteiger partial charge < -0.3 is 15.0 Å². The van der Waals surface area contributed by atoms with Gasteiger partial charge in [0.1, 0.15) is 6.61 Å². The van der Waals surface area contributed by atoms with Crippen molar-refractivity contribution in [2.75, 3.05) is 25.0 Å². The number of benzene rings is 1. The topological polar surface area (TPSA) is 41.6 Å². The van der Waals surface area contributed by atoms with Crippen molar-refractivity contribution in [2.24, 2.45) is 0 Å². The number of piperidine rings is 1. The number of nitrogens with zero attached hydrogens (tertiary/aromatic N) is 1. The van der Waals surface area contributed by atoms with Crippen molar-refractivity contribution in [1.29, 1.82) is 0 Å². The van der Waals surface area contributed by atoms with Gasteiger partial charge in [-0.2, -0.15) is 0 Å². The van der Waals surface area contributed by atoms with Crippen molar-refractivity contribution >= 4 is 11.6 Å². The number of amides is 1. The van der Waals surface area contributed by atoms with Crippen LogP contribution in [0.1, 0.15) is 52.0 Å². The minimum Gasteiger partial charge on any atom is -0.381 e. The molecular weight excluding hydrogens is 288 g/mol. The first-order valence-electron chi connectivity index (χ1n) is 8.71. The predicted molar refractivity (Wildman–Crippen MR) is 94.8 cm³/mol. The van der Waals surface area contributed by atoms with Crippen molar-refractivity contribution in [3.05, 3.63) is 29.8 Å². The second kappa shape index (κ2) is 8.34. The Bertz CT molecular complexity index is 497. The third-order valence-corrected chi connectivity index (χ3v) is 4.26. The number of likely N-dealkylation sites (tertiary alicyclic amines) is 1. The van der Waals surface area contributed by atoms with E-state index in [9.17, 15) is 4.79 Å². The minimum absolute atomic E-state index is 0.0946. The van der Waals surface area contributed by atoms with Gasteiger partial charge in [0.05, 0.1) is 6.10 Å². The molecule has 128 valence electrons. The van der Waals surface area contributed by atoms with Gasteiger partial charge in [0.25, 0.3) is 0 Å². The van der Waals surface area contributed by atoms with E-state index in [4.69, 9.17) is 4.74 Å². The van der Waals surface area contributed by atoms with Gasteiger partial charge in [-0.05, 0) is 50.3 Å². The summed E-state index contributed by atoms with van der Waals surface area (Å²) in [5.74, 6) is 0.646. The number of rotatable bonds is 6. The average Bonchev–Trinajstić information content (AvgIpc) is 2.53. The Hall–Kier alpha value is -1.55. The molecule has 0 saturated carbocycles. The Balaban J connectivity index is 1.87. The van der Waals surface area contributed by atoms with E-state index in [1.807, 2.05) is 18.7 Å². The summed E-state index contributed by atoms with van der Waals surface area (Å²) in [7, 11) is 0. The molecule has 0 aromatic heterocycles. The number of nitrogens with one attached hydrogen (secondary N) is 1. The molecule has 1 unspecified atom stereocenters. The standard InChI is InChI=1S/C19H30N2O2/c1-14(2)16-7-9-17(10-8-16)20-18-6-5-11-21(12-18)19(22)13-23-15(3)4/h7-10,14-15,18,20H,5-6,11-13H2,1-4H3. The lowest BCUT2D eigenvalue weighted by atomic mass is 10.0. The lowest BCUT2D eigenvalue weighted by Gasteiger charge is -2.34. The SMILES string of the molecule is CC(C)OCC(=O)N1CCCC(Nc2ccc(C(C)C)cc2)C1. The van der Waals surface area contributed by atoms with E-state index in [0.717, 1.165) is 31.6 Å². The molecule has 1 atom stereocenters. The number of hydrogen-bond acceptors (Lipinski definition) is 3. The Morgan fingerprint density at radius 3 is 2.57 bits per heavy atom. The smallest absolute Gasteiger partial charge is 0.248 e. The molecule has 0 bridgehead atoms. The summed E-state index contributed by atoms with van der Waals surface area (Å²) in [4.78, 5) is 14.1. The van der Waals surface area contributed by atoms with Crippen LogP contribution in [0.4, 0.5) is 5.69 Å². The summed E-state index contributed by atoms with van der Waals surface area (Å²) >= 11 is 0. The molecule has 1 saturated heterocycles.